The fourth-order valence-electron chi connectivity index (χ4n) is 4.17. The fraction of sp³-hybridized carbons (Fsp3) is 0.579. The number of amides is 3. The molecule has 2 heterocycles. The number of nitriles is 1. The summed E-state index contributed by atoms with van der Waals surface area (Å²) in [5, 5.41) is 16.6. The van der Waals surface area contributed by atoms with E-state index >= 15 is 0 Å². The van der Waals surface area contributed by atoms with Crippen molar-refractivity contribution in [2.75, 3.05) is 6.54 Å². The predicted molar refractivity (Wildman–Crippen MR) is 101 cm³/mol. The molecule has 2 N–H and O–H groups in total. The molecule has 0 aromatic carbocycles. The van der Waals surface area contributed by atoms with Crippen LogP contribution < -0.4 is 10.6 Å². The largest absolute Gasteiger partial charge is 0.351 e. The van der Waals surface area contributed by atoms with Gasteiger partial charge in [0.05, 0.1) is 12.1 Å². The molecule has 1 saturated heterocycles. The Balaban J connectivity index is 1.65. The number of thiophene rings is 1. The Bertz CT molecular complexity index is 769. The first-order valence-corrected chi connectivity index (χ1v) is 10.2. The Morgan fingerprint density at radius 3 is 2.93 bits per heavy atom. The van der Waals surface area contributed by atoms with Crippen LogP contribution in [0, 0.1) is 11.3 Å². The highest BCUT2D eigenvalue weighted by molar-refractivity contribution is 7.10. The van der Waals surface area contributed by atoms with Crippen LogP contribution in [0.25, 0.3) is 0 Å². The molecule has 144 valence electrons. The van der Waals surface area contributed by atoms with E-state index in [2.05, 4.69) is 16.7 Å². The fourth-order valence-corrected chi connectivity index (χ4v) is 5.27. The topological polar surface area (TPSA) is 102 Å². The lowest BCUT2D eigenvalue weighted by atomic mass is 9.92. The molecule has 1 aromatic rings. The summed E-state index contributed by atoms with van der Waals surface area (Å²) in [6.07, 6.45) is 5.06. The second-order valence-corrected chi connectivity index (χ2v) is 8.03. The molecule has 1 aliphatic heterocycles. The highest BCUT2D eigenvalue weighted by atomic mass is 32.1. The number of fused-ring (bicyclic) bond motifs is 1. The number of nitrogens with zero attached hydrogens (tertiary/aromatic N) is 2. The minimum Gasteiger partial charge on any atom is -0.351 e. The Hall–Kier alpha value is -2.40. The molecule has 1 aliphatic carbocycles. The maximum absolute atomic E-state index is 12.9. The number of likely N-dealkylation sites (tertiary alicyclic amines) is 1. The van der Waals surface area contributed by atoms with Gasteiger partial charge in [0, 0.05) is 28.8 Å². The highest BCUT2D eigenvalue weighted by Crippen LogP contribution is 2.31. The van der Waals surface area contributed by atoms with E-state index < -0.39 is 6.04 Å². The molecule has 1 fully saturated rings. The number of carbonyl (C=O) groups excluding carboxylic acids is 3. The van der Waals surface area contributed by atoms with Crippen LogP contribution in [0.5, 0.6) is 0 Å². The molecule has 0 spiro atoms. The molecule has 27 heavy (non-hydrogen) atoms. The van der Waals surface area contributed by atoms with Crippen LogP contribution in [0.1, 0.15) is 48.6 Å². The summed E-state index contributed by atoms with van der Waals surface area (Å²) in [6.45, 7) is 1.92. The number of carbonyl (C=O) groups is 3. The van der Waals surface area contributed by atoms with Crippen LogP contribution in [0.4, 0.5) is 0 Å². The summed E-state index contributed by atoms with van der Waals surface area (Å²) >= 11 is 1.58. The second kappa shape index (κ2) is 8.53. The smallest absolute Gasteiger partial charge is 0.243 e. The maximum Gasteiger partial charge on any atom is 0.243 e. The average Bonchev–Trinajstić information content (AvgIpc) is 3.29. The molecule has 3 atom stereocenters. The van der Waals surface area contributed by atoms with Gasteiger partial charge in [0.25, 0.3) is 0 Å². The van der Waals surface area contributed by atoms with Crippen molar-refractivity contribution >= 4 is 29.6 Å². The predicted octanol–water partition coefficient (Wildman–Crippen LogP) is 1.11. The quantitative estimate of drug-likeness (QED) is 0.713. The molecule has 1 aromatic heterocycles. The van der Waals surface area contributed by atoms with E-state index in [4.69, 9.17) is 5.26 Å². The van der Waals surface area contributed by atoms with Gasteiger partial charge >= 0.3 is 0 Å². The van der Waals surface area contributed by atoms with Gasteiger partial charge in [-0.05, 0) is 37.7 Å². The van der Waals surface area contributed by atoms with Gasteiger partial charge in [-0.2, -0.15) is 5.26 Å². The molecule has 0 radical (unpaired) electrons. The van der Waals surface area contributed by atoms with Crippen molar-refractivity contribution in [3.63, 3.8) is 0 Å². The van der Waals surface area contributed by atoms with Gasteiger partial charge in [-0.25, -0.2) is 0 Å². The first-order valence-electron chi connectivity index (χ1n) is 9.36. The lowest BCUT2D eigenvalue weighted by Gasteiger charge is -2.31. The summed E-state index contributed by atoms with van der Waals surface area (Å²) in [6, 6.07) is 1.82. The average molecular weight is 388 g/mol. The zero-order valence-electron chi connectivity index (χ0n) is 15.4. The molecule has 0 saturated carbocycles. The van der Waals surface area contributed by atoms with Crippen molar-refractivity contribution in [3.8, 4) is 6.07 Å². The lowest BCUT2D eigenvalue weighted by molar-refractivity contribution is -0.140. The lowest BCUT2D eigenvalue weighted by Crippen LogP contribution is -2.53. The normalized spacial score (nSPS) is 24.0. The monoisotopic (exact) mass is 388 g/mol. The van der Waals surface area contributed by atoms with Gasteiger partial charge in [-0.1, -0.05) is 6.92 Å². The van der Waals surface area contributed by atoms with E-state index in [0.717, 1.165) is 43.2 Å². The van der Waals surface area contributed by atoms with Gasteiger partial charge < -0.3 is 15.5 Å². The first kappa shape index (κ1) is 19.4. The van der Waals surface area contributed by atoms with E-state index in [0.29, 0.717) is 12.8 Å². The summed E-state index contributed by atoms with van der Waals surface area (Å²) < 4.78 is 0. The van der Waals surface area contributed by atoms with Gasteiger partial charge in [-0.15, -0.1) is 11.3 Å². The summed E-state index contributed by atoms with van der Waals surface area (Å²) in [5.41, 5.74) is 1.87. The van der Waals surface area contributed by atoms with Crippen molar-refractivity contribution in [2.45, 2.75) is 63.6 Å². The van der Waals surface area contributed by atoms with Crippen LogP contribution >= 0.6 is 11.3 Å². The number of rotatable bonds is 6. The summed E-state index contributed by atoms with van der Waals surface area (Å²) in [7, 11) is 0. The van der Waals surface area contributed by atoms with Gasteiger partial charge in [0.2, 0.25) is 18.2 Å². The minimum absolute atomic E-state index is 0.0286. The Kier molecular flexibility index (Phi) is 6.11. The van der Waals surface area contributed by atoms with Crippen molar-refractivity contribution in [3.05, 3.63) is 21.4 Å². The second-order valence-electron chi connectivity index (χ2n) is 7.07. The van der Waals surface area contributed by atoms with Gasteiger partial charge in [-0.3, -0.25) is 14.4 Å². The molecular weight excluding hydrogens is 364 g/mol. The van der Waals surface area contributed by atoms with Crippen LogP contribution in [0.15, 0.2) is 5.38 Å². The molecule has 8 heteroatoms. The van der Waals surface area contributed by atoms with E-state index in [-0.39, 0.29) is 30.4 Å². The van der Waals surface area contributed by atoms with Crippen LogP contribution in [0.3, 0.4) is 0 Å². The third-order valence-electron chi connectivity index (χ3n) is 5.52. The molecular formula is C19H24N4O3S. The van der Waals surface area contributed by atoms with E-state index in [1.54, 1.807) is 16.2 Å². The first-order chi connectivity index (χ1) is 13.1. The summed E-state index contributed by atoms with van der Waals surface area (Å²) in [4.78, 5) is 38.7. The van der Waals surface area contributed by atoms with E-state index in [1.165, 1.54) is 4.88 Å². The minimum atomic E-state index is -0.477. The molecule has 0 bridgehead atoms. The number of hydrogen-bond donors (Lipinski definition) is 2. The Morgan fingerprint density at radius 1 is 1.41 bits per heavy atom. The van der Waals surface area contributed by atoms with Gasteiger partial charge in [0.1, 0.15) is 12.1 Å². The molecule has 2 aliphatic rings. The van der Waals surface area contributed by atoms with Gasteiger partial charge in [0.15, 0.2) is 0 Å². The van der Waals surface area contributed by atoms with E-state index in [1.807, 2.05) is 12.3 Å². The van der Waals surface area contributed by atoms with E-state index in [9.17, 15) is 14.4 Å². The van der Waals surface area contributed by atoms with Crippen LogP contribution in [-0.4, -0.2) is 47.8 Å². The standard InChI is InChI=1S/C19H24N4O3S/c1-2-14-4-6-16(23(14)18(25)9-21-11-24)19(26)22-13-3-5-15-12(8-20)10-27-17(15)7-13/h10-11,13-14,16H,2-7,9H2,1H3,(H,21,24)(H,22,26). The summed E-state index contributed by atoms with van der Waals surface area (Å²) in [5.74, 6) is -0.328. The number of nitrogens with one attached hydrogen (secondary N) is 2. The van der Waals surface area contributed by atoms with Crippen molar-refractivity contribution < 1.29 is 14.4 Å². The zero-order chi connectivity index (χ0) is 19.4. The SMILES string of the molecule is CCC1CCC(C(=O)NC2CCc3c(C#N)csc3C2)N1C(=O)CNC=O. The molecule has 3 unspecified atom stereocenters. The Labute approximate surface area is 162 Å². The van der Waals surface area contributed by atoms with Crippen LogP contribution in [-0.2, 0) is 27.2 Å². The van der Waals surface area contributed by atoms with Crippen LogP contribution in [0.2, 0.25) is 0 Å². The third kappa shape index (κ3) is 3.98. The number of hydrogen-bond acceptors (Lipinski definition) is 5. The van der Waals surface area contributed by atoms with Crippen molar-refractivity contribution in [2.24, 2.45) is 0 Å². The van der Waals surface area contributed by atoms with Crippen molar-refractivity contribution in [1.29, 1.82) is 5.26 Å². The maximum atomic E-state index is 12.9. The van der Waals surface area contributed by atoms with Crippen molar-refractivity contribution in [1.82, 2.24) is 15.5 Å². The molecule has 3 rings (SSSR count). The zero-order valence-corrected chi connectivity index (χ0v) is 16.2. The molecule has 3 amide bonds. The molecule has 7 nitrogen and oxygen atoms in total. The highest BCUT2D eigenvalue weighted by Gasteiger charge is 2.40. The Morgan fingerprint density at radius 2 is 2.22 bits per heavy atom. The third-order valence-corrected chi connectivity index (χ3v) is 6.57.